The van der Waals surface area contributed by atoms with Gasteiger partial charge in [-0.1, -0.05) is 30.3 Å². The zero-order chi connectivity index (χ0) is 16.1. The van der Waals surface area contributed by atoms with E-state index in [1.165, 1.54) is 14.2 Å². The van der Waals surface area contributed by atoms with Crippen molar-refractivity contribution >= 4 is 17.5 Å². The Morgan fingerprint density at radius 3 is 2.23 bits per heavy atom. The van der Waals surface area contributed by atoms with Gasteiger partial charge in [0.15, 0.2) is 0 Å². The van der Waals surface area contributed by atoms with Gasteiger partial charge in [-0.25, -0.2) is 9.59 Å². The van der Waals surface area contributed by atoms with Gasteiger partial charge in [0.1, 0.15) is 11.3 Å². The minimum Gasteiger partial charge on any atom is -0.511 e. The van der Waals surface area contributed by atoms with Crippen molar-refractivity contribution < 1.29 is 24.2 Å². The van der Waals surface area contributed by atoms with Crippen LogP contribution in [0.5, 0.6) is 0 Å². The zero-order valence-corrected chi connectivity index (χ0v) is 12.6. The summed E-state index contributed by atoms with van der Waals surface area (Å²) in [6, 6.07) is 8.99. The van der Waals surface area contributed by atoms with Crippen molar-refractivity contribution in [2.24, 2.45) is 0 Å². The molecule has 1 aliphatic carbocycles. The monoisotopic (exact) mass is 302 g/mol. The third kappa shape index (κ3) is 3.03. The standard InChI is InChI=1S/C17H18O5/c1-21-16(19)12-9-6-10-13(18)15(17(20)22-2)14(12)11-7-4-3-5-8-11/h3-5,7-8,18H,6,9-10H2,1-2H3. The number of aliphatic hydroxyl groups is 1. The Balaban J connectivity index is 2.75. The number of rotatable bonds is 3. The van der Waals surface area contributed by atoms with Gasteiger partial charge in [0.05, 0.1) is 14.2 Å². The summed E-state index contributed by atoms with van der Waals surface area (Å²) >= 11 is 0. The van der Waals surface area contributed by atoms with Crippen LogP contribution in [0.3, 0.4) is 0 Å². The number of aliphatic hydroxyl groups excluding tert-OH is 1. The topological polar surface area (TPSA) is 72.8 Å². The van der Waals surface area contributed by atoms with Crippen LogP contribution in [-0.2, 0) is 19.1 Å². The average Bonchev–Trinajstić information content (AvgIpc) is 2.73. The van der Waals surface area contributed by atoms with Gasteiger partial charge in [-0.15, -0.1) is 0 Å². The fraction of sp³-hybridized carbons (Fsp3) is 0.294. The number of esters is 2. The van der Waals surface area contributed by atoms with Crippen LogP contribution in [0.25, 0.3) is 5.57 Å². The van der Waals surface area contributed by atoms with Crippen molar-refractivity contribution in [1.29, 1.82) is 0 Å². The summed E-state index contributed by atoms with van der Waals surface area (Å²) < 4.78 is 9.63. The lowest BCUT2D eigenvalue weighted by Gasteiger charge is -2.15. The van der Waals surface area contributed by atoms with Gasteiger partial charge in [-0.3, -0.25) is 0 Å². The van der Waals surface area contributed by atoms with E-state index >= 15 is 0 Å². The SMILES string of the molecule is COC(=O)C1=C(c2ccccc2)C(C(=O)OC)=C(O)CCC1. The summed E-state index contributed by atoms with van der Waals surface area (Å²) in [6.07, 6.45) is 1.27. The van der Waals surface area contributed by atoms with Crippen LogP contribution in [0.2, 0.25) is 0 Å². The molecule has 0 heterocycles. The van der Waals surface area contributed by atoms with Crippen LogP contribution in [0.15, 0.2) is 47.2 Å². The number of carbonyl (C=O) groups is 2. The Hall–Kier alpha value is -2.56. The highest BCUT2D eigenvalue weighted by molar-refractivity contribution is 6.13. The maximum Gasteiger partial charge on any atom is 0.341 e. The fourth-order valence-electron chi connectivity index (χ4n) is 2.55. The van der Waals surface area contributed by atoms with E-state index in [0.717, 1.165) is 0 Å². The number of ether oxygens (including phenoxy) is 2. The van der Waals surface area contributed by atoms with Gasteiger partial charge < -0.3 is 14.6 Å². The van der Waals surface area contributed by atoms with E-state index in [2.05, 4.69) is 0 Å². The number of carbonyl (C=O) groups excluding carboxylic acids is 2. The Labute approximate surface area is 128 Å². The number of hydrogen-bond donors (Lipinski definition) is 1. The first-order valence-electron chi connectivity index (χ1n) is 6.97. The van der Waals surface area contributed by atoms with Crippen molar-refractivity contribution in [2.45, 2.75) is 19.3 Å². The molecule has 5 nitrogen and oxygen atoms in total. The summed E-state index contributed by atoms with van der Waals surface area (Å²) in [4.78, 5) is 24.3. The normalized spacial score (nSPS) is 15.4. The number of benzene rings is 1. The molecular formula is C17H18O5. The molecule has 0 amide bonds. The summed E-state index contributed by atoms with van der Waals surface area (Å²) in [5.41, 5.74) is 1.45. The van der Waals surface area contributed by atoms with Crippen LogP contribution < -0.4 is 0 Å². The first kappa shape index (κ1) is 15.8. The first-order chi connectivity index (χ1) is 10.6. The number of hydrogen-bond acceptors (Lipinski definition) is 5. The lowest BCUT2D eigenvalue weighted by molar-refractivity contribution is -0.136. The van der Waals surface area contributed by atoms with Gasteiger partial charge in [0.25, 0.3) is 0 Å². The quantitative estimate of drug-likeness (QED) is 0.869. The minimum absolute atomic E-state index is 0.0339. The van der Waals surface area contributed by atoms with Crippen molar-refractivity contribution in [3.8, 4) is 0 Å². The maximum atomic E-state index is 12.1. The Bertz CT molecular complexity index is 640. The van der Waals surface area contributed by atoms with E-state index in [1.807, 2.05) is 6.07 Å². The lowest BCUT2D eigenvalue weighted by atomic mass is 9.92. The predicted octanol–water partition coefficient (Wildman–Crippen LogP) is 2.78. The molecule has 0 spiro atoms. The van der Waals surface area contributed by atoms with E-state index < -0.39 is 11.9 Å². The van der Waals surface area contributed by atoms with Gasteiger partial charge in [0, 0.05) is 17.6 Å². The highest BCUT2D eigenvalue weighted by atomic mass is 16.5. The van der Waals surface area contributed by atoms with E-state index in [-0.39, 0.29) is 11.3 Å². The zero-order valence-electron chi connectivity index (χ0n) is 12.6. The Morgan fingerprint density at radius 2 is 1.64 bits per heavy atom. The van der Waals surface area contributed by atoms with Crippen LogP contribution in [0.1, 0.15) is 24.8 Å². The summed E-state index contributed by atoms with van der Waals surface area (Å²) in [5.74, 6) is -1.24. The summed E-state index contributed by atoms with van der Waals surface area (Å²) in [7, 11) is 2.54. The van der Waals surface area contributed by atoms with Crippen molar-refractivity contribution in [2.75, 3.05) is 14.2 Å². The maximum absolute atomic E-state index is 12.1. The first-order valence-corrected chi connectivity index (χ1v) is 6.97. The molecule has 0 atom stereocenters. The second-order valence-electron chi connectivity index (χ2n) is 4.88. The van der Waals surface area contributed by atoms with Crippen molar-refractivity contribution in [3.05, 3.63) is 52.8 Å². The molecule has 2 rings (SSSR count). The Kier molecular flexibility index (Phi) is 4.99. The van der Waals surface area contributed by atoms with Crippen LogP contribution >= 0.6 is 0 Å². The molecule has 116 valence electrons. The molecule has 0 aromatic heterocycles. The second-order valence-corrected chi connectivity index (χ2v) is 4.88. The molecule has 5 heteroatoms. The molecule has 0 unspecified atom stereocenters. The average molecular weight is 302 g/mol. The summed E-state index contributed by atoms with van der Waals surface area (Å²) in [6.45, 7) is 0. The molecule has 0 saturated heterocycles. The van der Waals surface area contributed by atoms with Gasteiger partial charge >= 0.3 is 11.9 Å². The third-order valence-corrected chi connectivity index (χ3v) is 3.56. The van der Waals surface area contributed by atoms with Gasteiger partial charge in [-0.2, -0.15) is 0 Å². The van der Waals surface area contributed by atoms with E-state index in [9.17, 15) is 14.7 Å². The fourth-order valence-corrected chi connectivity index (χ4v) is 2.55. The molecule has 1 aliphatic rings. The highest BCUT2D eigenvalue weighted by Gasteiger charge is 2.30. The van der Waals surface area contributed by atoms with E-state index in [4.69, 9.17) is 9.47 Å². The molecule has 1 N–H and O–H groups in total. The highest BCUT2D eigenvalue weighted by Crippen LogP contribution is 2.36. The van der Waals surface area contributed by atoms with Crippen molar-refractivity contribution in [3.63, 3.8) is 0 Å². The molecule has 0 bridgehead atoms. The molecular weight excluding hydrogens is 284 g/mol. The van der Waals surface area contributed by atoms with Crippen LogP contribution in [0, 0.1) is 0 Å². The lowest BCUT2D eigenvalue weighted by Crippen LogP contribution is -2.14. The number of allylic oxidation sites excluding steroid dienone is 1. The minimum atomic E-state index is -0.667. The van der Waals surface area contributed by atoms with E-state index in [0.29, 0.717) is 36.0 Å². The smallest absolute Gasteiger partial charge is 0.341 e. The van der Waals surface area contributed by atoms with Crippen LogP contribution in [-0.4, -0.2) is 31.3 Å². The van der Waals surface area contributed by atoms with Gasteiger partial charge in [-0.05, 0) is 18.4 Å². The molecule has 0 aliphatic heterocycles. The molecule has 22 heavy (non-hydrogen) atoms. The largest absolute Gasteiger partial charge is 0.511 e. The molecule has 1 aromatic rings. The molecule has 0 radical (unpaired) electrons. The molecule has 0 fully saturated rings. The predicted molar refractivity (Wildman–Crippen MR) is 80.9 cm³/mol. The van der Waals surface area contributed by atoms with Crippen molar-refractivity contribution in [1.82, 2.24) is 0 Å². The number of methoxy groups -OCH3 is 2. The van der Waals surface area contributed by atoms with E-state index in [1.54, 1.807) is 24.3 Å². The second kappa shape index (κ2) is 6.93. The van der Waals surface area contributed by atoms with Crippen LogP contribution in [0.4, 0.5) is 0 Å². The third-order valence-electron chi connectivity index (χ3n) is 3.56. The Morgan fingerprint density at radius 1 is 1.00 bits per heavy atom. The molecule has 1 aromatic carbocycles. The summed E-state index contributed by atoms with van der Waals surface area (Å²) in [5, 5.41) is 10.2. The van der Waals surface area contributed by atoms with Gasteiger partial charge in [0.2, 0.25) is 0 Å². The molecule has 0 saturated carbocycles.